The first kappa shape index (κ1) is 30.3. The number of nitro groups is 1. The van der Waals surface area contributed by atoms with Crippen molar-refractivity contribution in [2.45, 2.75) is 51.6 Å². The van der Waals surface area contributed by atoms with Crippen LogP contribution in [0.1, 0.15) is 45.1 Å². The van der Waals surface area contributed by atoms with Gasteiger partial charge < -0.3 is 25.2 Å². The highest BCUT2D eigenvalue weighted by atomic mass is 16.6. The minimum absolute atomic E-state index is 0.193. The van der Waals surface area contributed by atoms with E-state index < -0.39 is 45.7 Å². The van der Waals surface area contributed by atoms with Crippen molar-refractivity contribution < 1.29 is 29.5 Å². The summed E-state index contributed by atoms with van der Waals surface area (Å²) in [5.74, 6) is -2.42. The normalized spacial score (nSPS) is 28.7. The first-order valence-corrected chi connectivity index (χ1v) is 14.0. The van der Waals surface area contributed by atoms with E-state index in [9.17, 15) is 29.9 Å². The van der Waals surface area contributed by atoms with Crippen molar-refractivity contribution >= 4 is 23.3 Å². The lowest BCUT2D eigenvalue weighted by Gasteiger charge is -2.56. The van der Waals surface area contributed by atoms with E-state index in [2.05, 4.69) is 15.1 Å². The number of carboxylic acids is 2. The third kappa shape index (κ3) is 5.48. The Bertz CT molecular complexity index is 1280. The predicted octanol–water partition coefficient (Wildman–Crippen LogP) is 3.83. The number of piperazine rings is 1. The fraction of sp³-hybridized carbons (Fsp3) is 0.533. The zero-order valence-electron chi connectivity index (χ0n) is 24.1. The molecular formula is C30H40N4O7. The Hall–Kier alpha value is -3.70. The summed E-state index contributed by atoms with van der Waals surface area (Å²) in [6, 6.07) is 12.6. The highest BCUT2D eigenvalue weighted by Crippen LogP contribution is 2.57. The van der Waals surface area contributed by atoms with Crippen molar-refractivity contribution in [2.24, 2.45) is 10.8 Å². The summed E-state index contributed by atoms with van der Waals surface area (Å²) in [5.41, 5.74) is -1.82. The van der Waals surface area contributed by atoms with E-state index in [-0.39, 0.29) is 12.1 Å². The maximum absolute atomic E-state index is 13.2. The molecule has 2 fully saturated rings. The molecule has 2 aromatic rings. The number of aliphatic carboxylic acids is 2. The highest BCUT2D eigenvalue weighted by molar-refractivity contribution is 5.84. The largest absolute Gasteiger partial charge is 0.495 e. The van der Waals surface area contributed by atoms with Crippen LogP contribution in [0.4, 0.5) is 11.4 Å². The highest BCUT2D eigenvalue weighted by Gasteiger charge is 2.64. The number of rotatable bonds is 10. The average Bonchev–Trinajstić information content (AvgIpc) is 2.95. The molecule has 2 aromatic carbocycles. The standard InChI is InChI=1S/C30H40N4O7/c1-20-29(3,27(35)36)26(22-9-7-10-23(19-22)34(39)40)30(28(37)38,21(2)31-20)13-8-14-32-15-17-33(18-16-32)24-11-5-6-12-25(24)41-4/h5-7,9-12,19-21,26,31H,8,13-18H2,1-4H3,(H,35,36)(H,37,38). The van der Waals surface area contributed by atoms with E-state index in [1.807, 2.05) is 24.3 Å². The third-order valence-electron chi connectivity index (χ3n) is 9.42. The molecule has 222 valence electrons. The Balaban J connectivity index is 1.58. The van der Waals surface area contributed by atoms with Crippen LogP contribution in [-0.2, 0) is 9.59 Å². The first-order valence-electron chi connectivity index (χ1n) is 14.0. The SMILES string of the molecule is COc1ccccc1N1CCN(CCCC2(C(=O)O)C(C)NC(C)C(C)(C(=O)O)C2c2cccc([N+](=O)[O-])c2)CC1. The minimum atomic E-state index is -1.53. The zero-order valence-corrected chi connectivity index (χ0v) is 24.1. The molecular weight excluding hydrogens is 528 g/mol. The third-order valence-corrected chi connectivity index (χ3v) is 9.42. The second-order valence-corrected chi connectivity index (χ2v) is 11.4. The van der Waals surface area contributed by atoms with Crippen molar-refractivity contribution in [1.82, 2.24) is 10.2 Å². The fourth-order valence-corrected chi connectivity index (χ4v) is 6.98. The maximum Gasteiger partial charge on any atom is 0.311 e. The van der Waals surface area contributed by atoms with E-state index in [4.69, 9.17) is 4.74 Å². The molecule has 0 aromatic heterocycles. The van der Waals surface area contributed by atoms with Crippen molar-refractivity contribution in [3.63, 3.8) is 0 Å². The number of carbonyl (C=O) groups is 2. The molecule has 2 aliphatic heterocycles. The number of para-hydroxylation sites is 2. The number of ether oxygens (including phenoxy) is 1. The predicted molar refractivity (Wildman–Crippen MR) is 155 cm³/mol. The number of piperidine rings is 1. The number of hydrogen-bond donors (Lipinski definition) is 3. The van der Waals surface area contributed by atoms with Crippen LogP contribution in [0.2, 0.25) is 0 Å². The second-order valence-electron chi connectivity index (χ2n) is 11.4. The van der Waals surface area contributed by atoms with E-state index in [0.29, 0.717) is 18.5 Å². The van der Waals surface area contributed by atoms with Gasteiger partial charge in [0.25, 0.3) is 5.69 Å². The summed E-state index contributed by atoms with van der Waals surface area (Å²) in [7, 11) is 1.66. The van der Waals surface area contributed by atoms with E-state index in [1.54, 1.807) is 33.9 Å². The summed E-state index contributed by atoms with van der Waals surface area (Å²) in [4.78, 5) is 41.7. The quantitative estimate of drug-likeness (QED) is 0.286. The number of hydrogen-bond acceptors (Lipinski definition) is 8. The van der Waals surface area contributed by atoms with Crippen LogP contribution in [0.15, 0.2) is 48.5 Å². The Morgan fingerprint density at radius 1 is 1.05 bits per heavy atom. The molecule has 0 radical (unpaired) electrons. The molecule has 0 saturated carbocycles. The number of methoxy groups -OCH3 is 1. The summed E-state index contributed by atoms with van der Waals surface area (Å²) in [5, 5.41) is 36.1. The van der Waals surface area contributed by atoms with Gasteiger partial charge in [-0.05, 0) is 57.9 Å². The number of anilines is 1. The number of non-ortho nitro benzene ring substituents is 1. The number of nitrogens with one attached hydrogen (secondary N) is 1. The van der Waals surface area contributed by atoms with Crippen molar-refractivity contribution in [2.75, 3.05) is 44.7 Å². The second kappa shape index (κ2) is 12.0. The lowest BCUT2D eigenvalue weighted by atomic mass is 9.51. The topological polar surface area (TPSA) is 145 Å². The maximum atomic E-state index is 13.2. The number of nitro benzene ring substituents is 1. The summed E-state index contributed by atoms with van der Waals surface area (Å²) in [6.07, 6.45) is 0.745. The minimum Gasteiger partial charge on any atom is -0.495 e. The van der Waals surface area contributed by atoms with Gasteiger partial charge in [0.15, 0.2) is 0 Å². The first-order chi connectivity index (χ1) is 19.5. The molecule has 5 unspecified atom stereocenters. The van der Waals surface area contributed by atoms with Crippen LogP contribution in [0.25, 0.3) is 0 Å². The van der Waals surface area contributed by atoms with Gasteiger partial charge in [0.05, 0.1) is 28.6 Å². The molecule has 5 atom stereocenters. The molecule has 11 nitrogen and oxygen atoms in total. The number of carboxylic acid groups (broad SMARTS) is 2. The van der Waals surface area contributed by atoms with E-state index in [0.717, 1.165) is 37.6 Å². The molecule has 2 saturated heterocycles. The van der Waals surface area contributed by atoms with Gasteiger partial charge in [0.2, 0.25) is 0 Å². The lowest BCUT2D eigenvalue weighted by molar-refractivity contribution is -0.385. The Kier molecular flexibility index (Phi) is 8.89. The van der Waals surface area contributed by atoms with Gasteiger partial charge in [-0.3, -0.25) is 24.6 Å². The van der Waals surface area contributed by atoms with Crippen molar-refractivity contribution in [3.8, 4) is 5.75 Å². The molecule has 3 N–H and O–H groups in total. The molecule has 2 aliphatic rings. The zero-order chi connectivity index (χ0) is 29.9. The molecule has 11 heteroatoms. The molecule has 2 heterocycles. The van der Waals surface area contributed by atoms with Gasteiger partial charge in [-0.25, -0.2) is 0 Å². The van der Waals surface area contributed by atoms with Gasteiger partial charge in [0, 0.05) is 56.3 Å². The molecule has 0 aliphatic carbocycles. The van der Waals surface area contributed by atoms with E-state index in [1.165, 1.54) is 18.2 Å². The summed E-state index contributed by atoms with van der Waals surface area (Å²) >= 11 is 0. The Labute approximate surface area is 240 Å². The van der Waals surface area contributed by atoms with Crippen molar-refractivity contribution in [3.05, 3.63) is 64.2 Å². The van der Waals surface area contributed by atoms with Gasteiger partial charge in [0.1, 0.15) is 5.75 Å². The van der Waals surface area contributed by atoms with Crippen LogP contribution in [-0.4, -0.2) is 83.9 Å². The number of benzene rings is 2. The van der Waals surface area contributed by atoms with Crippen LogP contribution >= 0.6 is 0 Å². The molecule has 0 amide bonds. The van der Waals surface area contributed by atoms with Crippen LogP contribution in [0.5, 0.6) is 5.75 Å². The van der Waals surface area contributed by atoms with Crippen LogP contribution in [0.3, 0.4) is 0 Å². The Morgan fingerprint density at radius 3 is 2.34 bits per heavy atom. The Morgan fingerprint density at radius 2 is 1.73 bits per heavy atom. The summed E-state index contributed by atoms with van der Waals surface area (Å²) < 4.78 is 5.51. The summed E-state index contributed by atoms with van der Waals surface area (Å²) in [6.45, 7) is 8.92. The number of nitrogens with zero attached hydrogens (tertiary/aromatic N) is 3. The molecule has 0 bridgehead atoms. The smallest absolute Gasteiger partial charge is 0.311 e. The van der Waals surface area contributed by atoms with Gasteiger partial charge in [-0.1, -0.05) is 24.3 Å². The average molecular weight is 569 g/mol. The fourth-order valence-electron chi connectivity index (χ4n) is 6.98. The molecule has 41 heavy (non-hydrogen) atoms. The van der Waals surface area contributed by atoms with Crippen molar-refractivity contribution in [1.29, 1.82) is 0 Å². The van der Waals surface area contributed by atoms with Gasteiger partial charge >= 0.3 is 11.9 Å². The van der Waals surface area contributed by atoms with Gasteiger partial charge in [-0.2, -0.15) is 0 Å². The van der Waals surface area contributed by atoms with E-state index >= 15 is 0 Å². The van der Waals surface area contributed by atoms with Crippen LogP contribution < -0.4 is 15.0 Å². The van der Waals surface area contributed by atoms with Crippen LogP contribution in [0, 0.1) is 20.9 Å². The van der Waals surface area contributed by atoms with Gasteiger partial charge in [-0.15, -0.1) is 0 Å². The lowest BCUT2D eigenvalue weighted by Crippen LogP contribution is -2.68. The molecule has 0 spiro atoms. The monoisotopic (exact) mass is 568 g/mol. The molecule has 4 rings (SSSR count).